The standard InChI is InChI=1S/C18H21FN4O2/c19-12(10-24)11-25-13-4-7-23(8-5-13)17-2-1-14-15-9-20-6-3-16(15)21-18(14)22-17/h1-3,6,9,12-13,24H,4-5,7-8,10-11H2,(H,21,22). The van der Waals surface area contributed by atoms with Crippen molar-refractivity contribution in [3.8, 4) is 0 Å². The Morgan fingerprint density at radius 3 is 2.92 bits per heavy atom. The largest absolute Gasteiger partial charge is 0.393 e. The summed E-state index contributed by atoms with van der Waals surface area (Å²) in [6.07, 6.45) is 4.02. The Morgan fingerprint density at radius 2 is 2.12 bits per heavy atom. The number of hydrogen-bond acceptors (Lipinski definition) is 5. The van der Waals surface area contributed by atoms with Crippen LogP contribution in [0.2, 0.25) is 0 Å². The van der Waals surface area contributed by atoms with Gasteiger partial charge < -0.3 is 19.7 Å². The Morgan fingerprint density at radius 1 is 1.28 bits per heavy atom. The molecule has 132 valence electrons. The van der Waals surface area contributed by atoms with Crippen LogP contribution in [0.15, 0.2) is 30.6 Å². The van der Waals surface area contributed by atoms with Crippen molar-refractivity contribution in [3.05, 3.63) is 30.6 Å². The molecule has 1 aliphatic heterocycles. The number of aromatic nitrogens is 3. The van der Waals surface area contributed by atoms with E-state index < -0.39 is 12.8 Å². The van der Waals surface area contributed by atoms with Gasteiger partial charge in [0, 0.05) is 36.3 Å². The quantitative estimate of drug-likeness (QED) is 0.744. The molecule has 1 saturated heterocycles. The van der Waals surface area contributed by atoms with E-state index in [1.807, 2.05) is 18.3 Å². The number of aliphatic hydroxyl groups excluding tert-OH is 1. The number of nitrogens with zero attached hydrogens (tertiary/aromatic N) is 3. The summed E-state index contributed by atoms with van der Waals surface area (Å²) in [5.41, 5.74) is 1.90. The summed E-state index contributed by atoms with van der Waals surface area (Å²) in [5.74, 6) is 0.934. The third-order valence-electron chi connectivity index (χ3n) is 4.72. The molecule has 1 aliphatic rings. The molecule has 0 radical (unpaired) electrons. The van der Waals surface area contributed by atoms with Gasteiger partial charge in [-0.25, -0.2) is 9.37 Å². The lowest BCUT2D eigenvalue weighted by Crippen LogP contribution is -2.38. The predicted octanol–water partition coefficient (Wildman–Crippen LogP) is 2.43. The van der Waals surface area contributed by atoms with E-state index in [2.05, 4.69) is 20.9 Å². The molecule has 7 heteroatoms. The highest BCUT2D eigenvalue weighted by Gasteiger charge is 2.22. The Kier molecular flexibility index (Phi) is 4.50. The molecule has 0 aromatic carbocycles. The van der Waals surface area contributed by atoms with Crippen molar-refractivity contribution in [1.29, 1.82) is 0 Å². The molecule has 0 spiro atoms. The average Bonchev–Trinajstić information content (AvgIpc) is 3.04. The van der Waals surface area contributed by atoms with E-state index in [0.717, 1.165) is 53.7 Å². The lowest BCUT2D eigenvalue weighted by Gasteiger charge is -2.32. The van der Waals surface area contributed by atoms with Gasteiger partial charge in [0.1, 0.15) is 17.6 Å². The van der Waals surface area contributed by atoms with Crippen molar-refractivity contribution < 1.29 is 14.2 Å². The Balaban J connectivity index is 1.45. The van der Waals surface area contributed by atoms with E-state index in [1.165, 1.54) is 0 Å². The number of fused-ring (bicyclic) bond motifs is 3. The zero-order chi connectivity index (χ0) is 17.2. The van der Waals surface area contributed by atoms with Gasteiger partial charge >= 0.3 is 0 Å². The number of hydrogen-bond donors (Lipinski definition) is 2. The van der Waals surface area contributed by atoms with Crippen LogP contribution in [0.25, 0.3) is 21.9 Å². The molecule has 2 N–H and O–H groups in total. The summed E-state index contributed by atoms with van der Waals surface area (Å²) < 4.78 is 18.6. The normalized spacial score (nSPS) is 17.4. The van der Waals surface area contributed by atoms with E-state index in [4.69, 9.17) is 14.8 Å². The van der Waals surface area contributed by atoms with Crippen molar-refractivity contribution >= 4 is 27.8 Å². The lowest BCUT2D eigenvalue weighted by atomic mass is 10.1. The van der Waals surface area contributed by atoms with Crippen molar-refractivity contribution in [3.63, 3.8) is 0 Å². The highest BCUT2D eigenvalue weighted by Crippen LogP contribution is 2.27. The number of nitrogens with one attached hydrogen (secondary N) is 1. The van der Waals surface area contributed by atoms with Crippen LogP contribution < -0.4 is 4.90 Å². The second-order valence-corrected chi connectivity index (χ2v) is 6.41. The molecule has 3 aromatic heterocycles. The van der Waals surface area contributed by atoms with Gasteiger partial charge in [-0.3, -0.25) is 4.98 Å². The fourth-order valence-corrected chi connectivity index (χ4v) is 3.33. The SMILES string of the molecule is OCC(F)COC1CCN(c2ccc3c(n2)[nH]c2ccncc23)CC1. The van der Waals surface area contributed by atoms with Crippen LogP contribution in [-0.2, 0) is 4.74 Å². The molecule has 6 nitrogen and oxygen atoms in total. The first kappa shape index (κ1) is 16.2. The number of anilines is 1. The number of aliphatic hydroxyl groups is 1. The first-order valence-corrected chi connectivity index (χ1v) is 8.58. The van der Waals surface area contributed by atoms with E-state index in [-0.39, 0.29) is 12.7 Å². The number of halogens is 1. The average molecular weight is 344 g/mol. The number of piperidine rings is 1. The monoisotopic (exact) mass is 344 g/mol. The molecule has 0 saturated carbocycles. The molecule has 0 amide bonds. The fourth-order valence-electron chi connectivity index (χ4n) is 3.33. The number of rotatable bonds is 5. The molecule has 4 rings (SSSR count). The predicted molar refractivity (Wildman–Crippen MR) is 94.6 cm³/mol. The summed E-state index contributed by atoms with van der Waals surface area (Å²) >= 11 is 0. The maximum Gasteiger partial charge on any atom is 0.146 e. The van der Waals surface area contributed by atoms with E-state index in [1.54, 1.807) is 6.20 Å². The molecule has 4 heterocycles. The van der Waals surface area contributed by atoms with Crippen LogP contribution in [0, 0.1) is 0 Å². The van der Waals surface area contributed by atoms with Crippen molar-refractivity contribution in [2.45, 2.75) is 25.1 Å². The fraction of sp³-hybridized carbons (Fsp3) is 0.444. The van der Waals surface area contributed by atoms with Crippen LogP contribution in [0.5, 0.6) is 0 Å². The van der Waals surface area contributed by atoms with Crippen LogP contribution in [-0.4, -0.2) is 58.6 Å². The van der Waals surface area contributed by atoms with Gasteiger partial charge in [-0.15, -0.1) is 0 Å². The van der Waals surface area contributed by atoms with Crippen LogP contribution in [0.4, 0.5) is 10.2 Å². The minimum absolute atomic E-state index is 0.0333. The van der Waals surface area contributed by atoms with Crippen LogP contribution in [0.3, 0.4) is 0 Å². The molecule has 3 aromatic rings. The number of aromatic amines is 1. The van der Waals surface area contributed by atoms with Crippen molar-refractivity contribution in [1.82, 2.24) is 15.0 Å². The lowest BCUT2D eigenvalue weighted by molar-refractivity contribution is -0.00701. The molecule has 1 atom stereocenters. The number of pyridine rings is 2. The Labute approximate surface area is 144 Å². The molecule has 0 bridgehead atoms. The summed E-state index contributed by atoms with van der Waals surface area (Å²) in [6, 6.07) is 6.06. The van der Waals surface area contributed by atoms with Gasteiger partial charge in [0.05, 0.1) is 24.8 Å². The molecular weight excluding hydrogens is 323 g/mol. The van der Waals surface area contributed by atoms with E-state index >= 15 is 0 Å². The van der Waals surface area contributed by atoms with Crippen molar-refractivity contribution in [2.24, 2.45) is 0 Å². The zero-order valence-electron chi connectivity index (χ0n) is 13.9. The second-order valence-electron chi connectivity index (χ2n) is 6.41. The number of alkyl halides is 1. The minimum Gasteiger partial charge on any atom is -0.393 e. The summed E-state index contributed by atoms with van der Waals surface area (Å²) in [7, 11) is 0. The number of ether oxygens (including phenoxy) is 1. The summed E-state index contributed by atoms with van der Waals surface area (Å²) in [4.78, 5) is 14.5. The first-order chi connectivity index (χ1) is 12.2. The topological polar surface area (TPSA) is 74.3 Å². The van der Waals surface area contributed by atoms with Gasteiger partial charge in [-0.05, 0) is 31.0 Å². The van der Waals surface area contributed by atoms with Gasteiger partial charge in [-0.2, -0.15) is 0 Å². The van der Waals surface area contributed by atoms with E-state index in [9.17, 15) is 4.39 Å². The van der Waals surface area contributed by atoms with Gasteiger partial charge in [0.2, 0.25) is 0 Å². The smallest absolute Gasteiger partial charge is 0.146 e. The zero-order valence-corrected chi connectivity index (χ0v) is 13.9. The Bertz CT molecular complexity index is 861. The highest BCUT2D eigenvalue weighted by molar-refractivity contribution is 6.05. The molecule has 1 unspecified atom stereocenters. The third-order valence-corrected chi connectivity index (χ3v) is 4.72. The second kappa shape index (κ2) is 6.93. The molecule has 1 fully saturated rings. The number of H-pyrrole nitrogens is 1. The highest BCUT2D eigenvalue weighted by atomic mass is 19.1. The first-order valence-electron chi connectivity index (χ1n) is 8.58. The van der Waals surface area contributed by atoms with Crippen LogP contribution >= 0.6 is 0 Å². The Hall–Kier alpha value is -2.25. The van der Waals surface area contributed by atoms with Gasteiger partial charge in [0.25, 0.3) is 0 Å². The van der Waals surface area contributed by atoms with Crippen LogP contribution in [0.1, 0.15) is 12.8 Å². The summed E-state index contributed by atoms with van der Waals surface area (Å²) in [6.45, 7) is 1.12. The van der Waals surface area contributed by atoms with Gasteiger partial charge in [0.15, 0.2) is 0 Å². The molecule has 25 heavy (non-hydrogen) atoms. The third kappa shape index (κ3) is 3.29. The van der Waals surface area contributed by atoms with Crippen molar-refractivity contribution in [2.75, 3.05) is 31.2 Å². The minimum atomic E-state index is -1.29. The van der Waals surface area contributed by atoms with Gasteiger partial charge in [-0.1, -0.05) is 0 Å². The maximum atomic E-state index is 13.1. The maximum absolute atomic E-state index is 13.1. The van der Waals surface area contributed by atoms with E-state index in [0.29, 0.717) is 0 Å². The molecular formula is C18H21FN4O2. The molecule has 0 aliphatic carbocycles. The summed E-state index contributed by atoms with van der Waals surface area (Å²) in [5, 5.41) is 10.9.